The van der Waals surface area contributed by atoms with Crippen molar-refractivity contribution in [2.45, 2.75) is 71.1 Å². The van der Waals surface area contributed by atoms with Crippen LogP contribution in [0.1, 0.15) is 71.3 Å². The van der Waals surface area contributed by atoms with Gasteiger partial charge in [-0.05, 0) is 20.3 Å². The van der Waals surface area contributed by atoms with Crippen LogP contribution in [-0.2, 0) is 5.41 Å². The van der Waals surface area contributed by atoms with Gasteiger partial charge in [0.15, 0.2) is 6.21 Å². The largest absolute Gasteiger partial charge is 0.209 e. The predicted octanol–water partition coefficient (Wildman–Crippen LogP) is 5.44. The van der Waals surface area contributed by atoms with Crippen LogP contribution in [0.2, 0.25) is 0 Å². The lowest BCUT2D eigenvalue weighted by Crippen LogP contribution is -2.17. The van der Waals surface area contributed by atoms with Crippen LogP contribution in [0, 0.1) is 0 Å². The van der Waals surface area contributed by atoms with Crippen LogP contribution in [0.4, 0.5) is 5.69 Å². The number of hydrogen-bond acceptors (Lipinski definition) is 0. The first-order chi connectivity index (χ1) is 9.65. The third-order valence-corrected chi connectivity index (χ3v) is 4.39. The van der Waals surface area contributed by atoms with Gasteiger partial charge >= 0.3 is 0 Å². The summed E-state index contributed by atoms with van der Waals surface area (Å²) in [6.45, 7) is 8.09. The zero-order valence-electron chi connectivity index (χ0n) is 13.5. The maximum Gasteiger partial charge on any atom is 0.209 e. The molecule has 0 spiro atoms. The van der Waals surface area contributed by atoms with Crippen molar-refractivity contribution < 1.29 is 4.58 Å². The van der Waals surface area contributed by atoms with Crippen LogP contribution >= 0.6 is 0 Å². The predicted molar refractivity (Wildman–Crippen MR) is 88.3 cm³/mol. The van der Waals surface area contributed by atoms with E-state index in [1.165, 1.54) is 62.7 Å². The number of rotatable bonds is 8. The van der Waals surface area contributed by atoms with Crippen LogP contribution in [0.3, 0.4) is 0 Å². The second-order valence-corrected chi connectivity index (χ2v) is 6.68. The highest BCUT2D eigenvalue weighted by Crippen LogP contribution is 2.35. The summed E-state index contributed by atoms with van der Waals surface area (Å²) >= 11 is 0. The highest BCUT2D eigenvalue weighted by Gasteiger charge is 2.36. The maximum atomic E-state index is 2.47. The van der Waals surface area contributed by atoms with Crippen molar-refractivity contribution in [1.82, 2.24) is 0 Å². The molecule has 0 aliphatic carbocycles. The summed E-state index contributed by atoms with van der Waals surface area (Å²) in [5.74, 6) is 0. The fraction of sp³-hybridized carbons (Fsp3) is 0.632. The number of benzene rings is 1. The van der Waals surface area contributed by atoms with E-state index in [0.717, 1.165) is 0 Å². The molecule has 0 aromatic heterocycles. The summed E-state index contributed by atoms with van der Waals surface area (Å²) in [6.07, 6.45) is 12.1. The van der Waals surface area contributed by atoms with E-state index in [-0.39, 0.29) is 5.41 Å². The Morgan fingerprint density at radius 3 is 2.30 bits per heavy atom. The van der Waals surface area contributed by atoms with Gasteiger partial charge in [0.1, 0.15) is 6.54 Å². The van der Waals surface area contributed by atoms with Crippen molar-refractivity contribution in [1.29, 1.82) is 0 Å². The summed E-state index contributed by atoms with van der Waals surface area (Å²) in [7, 11) is 0. The fourth-order valence-corrected chi connectivity index (χ4v) is 3.22. The molecular formula is C19H30N+. The Hall–Kier alpha value is -1.11. The summed E-state index contributed by atoms with van der Waals surface area (Å²) in [4.78, 5) is 0. The number of unbranched alkanes of at least 4 members (excludes halogenated alkanes) is 6. The van der Waals surface area contributed by atoms with E-state index < -0.39 is 0 Å². The molecule has 0 unspecified atom stereocenters. The minimum atomic E-state index is 0.192. The van der Waals surface area contributed by atoms with E-state index in [1.807, 2.05) is 0 Å². The van der Waals surface area contributed by atoms with Gasteiger partial charge in [-0.15, -0.1) is 0 Å². The lowest BCUT2D eigenvalue weighted by Gasteiger charge is -2.09. The molecule has 0 fully saturated rings. The average molecular weight is 272 g/mol. The molecule has 1 heterocycles. The molecule has 0 saturated heterocycles. The Kier molecular flexibility index (Phi) is 5.39. The zero-order valence-corrected chi connectivity index (χ0v) is 13.5. The highest BCUT2D eigenvalue weighted by molar-refractivity contribution is 5.76. The van der Waals surface area contributed by atoms with Crippen LogP contribution in [0.15, 0.2) is 24.3 Å². The first kappa shape index (κ1) is 15.3. The summed E-state index contributed by atoms with van der Waals surface area (Å²) < 4.78 is 2.47. The Bertz CT molecular complexity index is 457. The summed E-state index contributed by atoms with van der Waals surface area (Å²) in [5.41, 5.74) is 3.09. The zero-order chi connectivity index (χ0) is 14.4. The average Bonchev–Trinajstić information content (AvgIpc) is 2.70. The van der Waals surface area contributed by atoms with E-state index in [9.17, 15) is 0 Å². The molecule has 110 valence electrons. The number of nitrogens with zero attached hydrogens (tertiary/aromatic N) is 1. The summed E-state index contributed by atoms with van der Waals surface area (Å²) in [5, 5.41) is 0. The molecule has 20 heavy (non-hydrogen) atoms. The summed E-state index contributed by atoms with van der Waals surface area (Å²) in [6, 6.07) is 8.86. The molecule has 1 aliphatic heterocycles. The minimum Gasteiger partial charge on any atom is -0.202 e. The van der Waals surface area contributed by atoms with Crippen molar-refractivity contribution in [3.63, 3.8) is 0 Å². The first-order valence-corrected chi connectivity index (χ1v) is 8.37. The second-order valence-electron chi connectivity index (χ2n) is 6.68. The van der Waals surface area contributed by atoms with Gasteiger partial charge in [-0.2, -0.15) is 0 Å². The van der Waals surface area contributed by atoms with E-state index in [4.69, 9.17) is 0 Å². The van der Waals surface area contributed by atoms with Gasteiger partial charge in [0.2, 0.25) is 5.69 Å². The van der Waals surface area contributed by atoms with Crippen LogP contribution in [0.5, 0.6) is 0 Å². The van der Waals surface area contributed by atoms with Crippen LogP contribution in [-0.4, -0.2) is 17.3 Å². The highest BCUT2D eigenvalue weighted by atomic mass is 15.0. The van der Waals surface area contributed by atoms with Crippen molar-refractivity contribution in [2.24, 2.45) is 0 Å². The van der Waals surface area contributed by atoms with Gasteiger partial charge in [-0.1, -0.05) is 57.2 Å². The van der Waals surface area contributed by atoms with E-state index >= 15 is 0 Å². The third-order valence-electron chi connectivity index (χ3n) is 4.39. The number of para-hydroxylation sites is 1. The minimum absolute atomic E-state index is 0.192. The molecule has 0 atom stereocenters. The van der Waals surface area contributed by atoms with Crippen molar-refractivity contribution in [3.05, 3.63) is 29.8 Å². The maximum absolute atomic E-state index is 2.47. The Labute approximate surface area is 124 Å². The Balaban J connectivity index is 1.80. The lowest BCUT2D eigenvalue weighted by molar-refractivity contribution is -0.434. The number of fused-ring (bicyclic) bond motifs is 1. The first-order valence-electron chi connectivity index (χ1n) is 8.37. The van der Waals surface area contributed by atoms with Gasteiger partial charge in [0.05, 0.1) is 5.41 Å². The Morgan fingerprint density at radius 1 is 0.900 bits per heavy atom. The molecule has 1 aromatic carbocycles. The van der Waals surface area contributed by atoms with Crippen molar-refractivity contribution in [2.75, 3.05) is 6.54 Å². The van der Waals surface area contributed by atoms with E-state index in [0.29, 0.717) is 0 Å². The lowest BCUT2D eigenvalue weighted by atomic mass is 9.87. The molecule has 0 radical (unpaired) electrons. The standard InChI is InChI=1S/C19H30N/c1-4-5-6-7-8-9-12-15-20-16-19(2,3)17-13-10-11-14-18(17)20/h10-11,13-14,16H,4-9,12,15H2,1-3H3/q+1. The van der Waals surface area contributed by atoms with Gasteiger partial charge in [-0.25, -0.2) is 4.58 Å². The normalized spacial score (nSPS) is 16.1. The molecular weight excluding hydrogens is 242 g/mol. The fourth-order valence-electron chi connectivity index (χ4n) is 3.22. The molecule has 1 heteroatoms. The van der Waals surface area contributed by atoms with Gasteiger partial charge in [-0.3, -0.25) is 0 Å². The van der Waals surface area contributed by atoms with E-state index in [1.54, 1.807) is 0 Å². The molecule has 0 N–H and O–H groups in total. The monoisotopic (exact) mass is 272 g/mol. The van der Waals surface area contributed by atoms with E-state index in [2.05, 4.69) is 55.8 Å². The van der Waals surface area contributed by atoms with Crippen molar-refractivity contribution in [3.8, 4) is 0 Å². The van der Waals surface area contributed by atoms with Gasteiger partial charge in [0, 0.05) is 18.1 Å². The van der Waals surface area contributed by atoms with Crippen molar-refractivity contribution >= 4 is 11.9 Å². The molecule has 2 rings (SSSR count). The quantitative estimate of drug-likeness (QED) is 0.437. The second kappa shape index (κ2) is 7.06. The molecule has 1 aromatic rings. The molecule has 1 aliphatic rings. The molecule has 0 saturated carbocycles. The SMILES string of the molecule is CCCCCCCCC[N+]1=CC(C)(C)c2ccccc21. The van der Waals surface area contributed by atoms with Gasteiger partial charge in [0.25, 0.3) is 0 Å². The molecule has 0 amide bonds. The molecule has 1 nitrogen and oxygen atoms in total. The van der Waals surface area contributed by atoms with Crippen LogP contribution < -0.4 is 0 Å². The van der Waals surface area contributed by atoms with Crippen LogP contribution in [0.25, 0.3) is 0 Å². The number of hydrogen-bond donors (Lipinski definition) is 0. The smallest absolute Gasteiger partial charge is 0.202 e. The Morgan fingerprint density at radius 2 is 1.55 bits per heavy atom. The van der Waals surface area contributed by atoms with Gasteiger partial charge < -0.3 is 0 Å². The third kappa shape index (κ3) is 3.71. The topological polar surface area (TPSA) is 3.01 Å². The molecule has 0 bridgehead atoms.